The van der Waals surface area contributed by atoms with Gasteiger partial charge >= 0.3 is 0 Å². The number of nitro benzene ring substituents is 1. The average molecular weight is 500 g/mol. The van der Waals surface area contributed by atoms with Gasteiger partial charge in [0.25, 0.3) is 27.5 Å². The molecule has 0 aliphatic heterocycles. The van der Waals surface area contributed by atoms with Crippen LogP contribution in [0.3, 0.4) is 0 Å². The Morgan fingerprint density at radius 3 is 2.56 bits per heavy atom. The molecule has 4 aromatic rings. The minimum atomic E-state index is -3.87. The molecule has 2 aromatic heterocycles. The highest BCUT2D eigenvalue weighted by atomic mass is 32.2. The number of para-hydroxylation sites is 1. The summed E-state index contributed by atoms with van der Waals surface area (Å²) in [4.78, 5) is 35.4. The van der Waals surface area contributed by atoms with Crippen LogP contribution in [-0.2, 0) is 21.4 Å². The van der Waals surface area contributed by atoms with Gasteiger partial charge in [-0.1, -0.05) is 18.2 Å². The molecule has 3 N–H and O–H groups in total. The van der Waals surface area contributed by atoms with Gasteiger partial charge < -0.3 is 4.57 Å². The number of hydrogen-bond acceptors (Lipinski definition) is 7. The number of anilines is 1. The zero-order chi connectivity index (χ0) is 24.3. The number of hydrogen-bond donors (Lipinski definition) is 3. The second kappa shape index (κ2) is 9.33. The fourth-order valence-corrected chi connectivity index (χ4v) is 5.28. The van der Waals surface area contributed by atoms with Crippen LogP contribution in [-0.4, -0.2) is 29.7 Å². The first kappa shape index (κ1) is 22.9. The van der Waals surface area contributed by atoms with Crippen LogP contribution < -0.4 is 15.6 Å². The smallest absolute Gasteiger partial charge is 0.271 e. The lowest BCUT2D eigenvalue weighted by molar-refractivity contribution is -0.384. The number of nitrogens with one attached hydrogen (secondary N) is 3. The predicted molar refractivity (Wildman–Crippen MR) is 126 cm³/mol. The summed E-state index contributed by atoms with van der Waals surface area (Å²) in [5.41, 5.74) is 5.18. The number of nitrogens with zero attached hydrogens (tertiary/aromatic N) is 2. The van der Waals surface area contributed by atoms with Gasteiger partial charge in [0.15, 0.2) is 0 Å². The van der Waals surface area contributed by atoms with Gasteiger partial charge in [0, 0.05) is 29.2 Å². The second-order valence-corrected chi connectivity index (χ2v) is 9.89. The summed E-state index contributed by atoms with van der Waals surface area (Å²) < 4.78 is 29.1. The van der Waals surface area contributed by atoms with Crippen LogP contribution in [0, 0.1) is 10.1 Å². The fourth-order valence-electron chi connectivity index (χ4n) is 3.21. The Labute approximate surface area is 197 Å². The molecule has 0 radical (unpaired) electrons. The maximum atomic E-state index is 12.6. The number of aromatic nitrogens is 1. The van der Waals surface area contributed by atoms with Crippen LogP contribution in [0.5, 0.6) is 0 Å². The van der Waals surface area contributed by atoms with Crippen LogP contribution >= 0.6 is 11.3 Å². The van der Waals surface area contributed by atoms with E-state index in [1.807, 2.05) is 0 Å². The van der Waals surface area contributed by atoms with Crippen molar-refractivity contribution < 1.29 is 22.9 Å². The first-order chi connectivity index (χ1) is 16.2. The summed E-state index contributed by atoms with van der Waals surface area (Å²) in [7, 11) is -3.87. The molecule has 0 atom stereocenters. The van der Waals surface area contributed by atoms with E-state index in [2.05, 4.69) is 15.6 Å². The number of amides is 2. The molecule has 0 spiro atoms. The lowest BCUT2D eigenvalue weighted by Gasteiger charge is -2.13. The van der Waals surface area contributed by atoms with E-state index in [1.54, 1.807) is 40.4 Å². The molecular formula is C21H17N5O6S2. The number of rotatable bonds is 7. The van der Waals surface area contributed by atoms with E-state index >= 15 is 0 Å². The number of thiophene rings is 1. The molecule has 0 bridgehead atoms. The van der Waals surface area contributed by atoms with Gasteiger partial charge in [-0.05, 0) is 35.7 Å². The van der Waals surface area contributed by atoms with Crippen LogP contribution in [0.4, 0.5) is 11.4 Å². The number of fused-ring (bicyclic) bond motifs is 1. The first-order valence-corrected chi connectivity index (χ1v) is 12.1. The number of nitro groups is 1. The van der Waals surface area contributed by atoms with Crippen molar-refractivity contribution in [2.45, 2.75) is 10.8 Å². The maximum Gasteiger partial charge on any atom is 0.271 e. The van der Waals surface area contributed by atoms with Gasteiger partial charge in [0.2, 0.25) is 0 Å². The molecule has 0 aliphatic carbocycles. The van der Waals surface area contributed by atoms with Crippen LogP contribution in [0.25, 0.3) is 10.9 Å². The van der Waals surface area contributed by atoms with E-state index in [9.17, 15) is 28.1 Å². The van der Waals surface area contributed by atoms with Gasteiger partial charge in [-0.2, -0.15) is 0 Å². The van der Waals surface area contributed by atoms with Gasteiger partial charge in [0.1, 0.15) is 10.8 Å². The standard InChI is InChI=1S/C21H17N5O6S2/c27-19(13-25-10-9-14-12-15(26(29)30)7-8-18(14)25)22-23-21(28)16-4-1-2-5-17(16)24-34(31,32)20-6-3-11-33-20/h1-12,24H,13H2,(H,22,27)(H,23,28). The lowest BCUT2D eigenvalue weighted by atomic mass is 10.2. The van der Waals surface area contributed by atoms with Crippen molar-refractivity contribution in [1.29, 1.82) is 0 Å². The normalized spacial score (nSPS) is 11.2. The highest BCUT2D eigenvalue weighted by molar-refractivity contribution is 7.94. The van der Waals surface area contributed by atoms with Gasteiger partial charge in [-0.3, -0.25) is 35.3 Å². The third-order valence-electron chi connectivity index (χ3n) is 4.77. The molecular weight excluding hydrogens is 482 g/mol. The summed E-state index contributed by atoms with van der Waals surface area (Å²) in [6, 6.07) is 15.0. The van der Waals surface area contributed by atoms with Crippen molar-refractivity contribution in [2.75, 3.05) is 4.72 Å². The number of carbonyl (C=O) groups excluding carboxylic acids is 2. The molecule has 0 saturated carbocycles. The monoisotopic (exact) mass is 499 g/mol. The van der Waals surface area contributed by atoms with Crippen LogP contribution in [0.1, 0.15) is 10.4 Å². The zero-order valence-corrected chi connectivity index (χ0v) is 18.9. The number of non-ortho nitro benzene ring substituents is 1. The molecule has 34 heavy (non-hydrogen) atoms. The molecule has 0 unspecified atom stereocenters. The largest absolute Gasteiger partial charge is 0.338 e. The third-order valence-corrected chi connectivity index (χ3v) is 7.53. The van der Waals surface area contributed by atoms with Gasteiger partial charge in [-0.15, -0.1) is 11.3 Å². The van der Waals surface area contributed by atoms with Gasteiger partial charge in [-0.25, -0.2) is 8.42 Å². The molecule has 11 nitrogen and oxygen atoms in total. The summed E-state index contributed by atoms with van der Waals surface area (Å²) in [5.74, 6) is -1.27. The highest BCUT2D eigenvalue weighted by Crippen LogP contribution is 2.23. The number of hydrazine groups is 1. The molecule has 2 amide bonds. The van der Waals surface area contributed by atoms with Crippen molar-refractivity contribution >= 4 is 55.5 Å². The van der Waals surface area contributed by atoms with Crippen LogP contribution in [0.15, 0.2) is 76.4 Å². The Bertz CT molecular complexity index is 1500. The topological polar surface area (TPSA) is 152 Å². The molecule has 2 aromatic carbocycles. The highest BCUT2D eigenvalue weighted by Gasteiger charge is 2.20. The Hall–Kier alpha value is -4.23. The molecule has 0 fully saturated rings. The van der Waals surface area contributed by atoms with Crippen molar-refractivity contribution in [3.8, 4) is 0 Å². The number of carbonyl (C=O) groups is 2. The maximum absolute atomic E-state index is 12.6. The molecule has 4 rings (SSSR count). The molecule has 0 aliphatic rings. The molecule has 2 heterocycles. The minimum absolute atomic E-state index is 0.0154. The second-order valence-electron chi connectivity index (χ2n) is 7.03. The zero-order valence-electron chi connectivity index (χ0n) is 17.3. The van der Waals surface area contributed by atoms with Crippen molar-refractivity contribution in [3.63, 3.8) is 0 Å². The van der Waals surface area contributed by atoms with E-state index in [1.165, 1.54) is 36.4 Å². The average Bonchev–Trinajstić information content (AvgIpc) is 3.48. The Morgan fingerprint density at radius 1 is 1.03 bits per heavy atom. The summed E-state index contributed by atoms with van der Waals surface area (Å²) in [6.45, 7) is -0.158. The minimum Gasteiger partial charge on any atom is -0.338 e. The summed E-state index contributed by atoms with van der Waals surface area (Å²) >= 11 is 1.04. The Morgan fingerprint density at radius 2 is 1.82 bits per heavy atom. The Kier molecular flexibility index (Phi) is 6.30. The van der Waals surface area contributed by atoms with E-state index < -0.39 is 26.8 Å². The van der Waals surface area contributed by atoms with E-state index in [4.69, 9.17) is 0 Å². The quantitative estimate of drug-likeness (QED) is 0.263. The number of sulfonamides is 1. The summed E-state index contributed by atoms with van der Waals surface area (Å²) in [6.07, 6.45) is 1.60. The lowest BCUT2D eigenvalue weighted by Crippen LogP contribution is -2.43. The van der Waals surface area contributed by atoms with Gasteiger partial charge in [0.05, 0.1) is 16.2 Å². The Balaban J connectivity index is 1.42. The van der Waals surface area contributed by atoms with Crippen molar-refractivity contribution in [1.82, 2.24) is 15.4 Å². The van der Waals surface area contributed by atoms with Crippen LogP contribution in [0.2, 0.25) is 0 Å². The fraction of sp³-hybridized carbons (Fsp3) is 0.0476. The van der Waals surface area contributed by atoms with E-state index in [0.29, 0.717) is 10.9 Å². The van der Waals surface area contributed by atoms with E-state index in [0.717, 1.165) is 11.3 Å². The molecule has 174 valence electrons. The van der Waals surface area contributed by atoms with Crippen molar-refractivity contribution in [3.05, 3.63) is 87.9 Å². The molecule has 13 heteroatoms. The number of benzene rings is 2. The van der Waals surface area contributed by atoms with Crippen molar-refractivity contribution in [2.24, 2.45) is 0 Å². The first-order valence-electron chi connectivity index (χ1n) is 9.72. The summed E-state index contributed by atoms with van der Waals surface area (Å²) in [5, 5.41) is 13.1. The van der Waals surface area contributed by atoms with E-state index in [-0.39, 0.29) is 27.7 Å². The third kappa shape index (κ3) is 4.89. The SMILES string of the molecule is O=C(Cn1ccc2cc([N+](=O)[O-])ccc21)NNC(=O)c1ccccc1NS(=O)(=O)c1cccs1. The predicted octanol–water partition coefficient (Wildman–Crippen LogP) is 2.87. The molecule has 0 saturated heterocycles.